The lowest BCUT2D eigenvalue weighted by atomic mass is 9.94. The van der Waals surface area contributed by atoms with Crippen molar-refractivity contribution in [1.29, 1.82) is 0 Å². The van der Waals surface area contributed by atoms with Gasteiger partial charge in [-0.3, -0.25) is 4.79 Å². The third-order valence-corrected chi connectivity index (χ3v) is 3.35. The lowest BCUT2D eigenvalue weighted by molar-refractivity contribution is -0.129. The Morgan fingerprint density at radius 3 is 2.84 bits per heavy atom. The summed E-state index contributed by atoms with van der Waals surface area (Å²) in [6.45, 7) is 8.63. The number of amides is 1. The second kappa shape index (κ2) is 5.24. The molecule has 1 aliphatic rings. The van der Waals surface area contributed by atoms with Crippen LogP contribution in [0.25, 0.3) is 0 Å². The third-order valence-electron chi connectivity index (χ3n) is 3.35. The van der Waals surface area contributed by atoms with E-state index in [1.807, 2.05) is 33.8 Å². The second-order valence-corrected chi connectivity index (χ2v) is 6.37. The molecule has 1 heterocycles. The maximum Gasteiger partial charge on any atom is 0.225 e. The topological polar surface area (TPSA) is 38.3 Å². The van der Waals surface area contributed by atoms with Gasteiger partial charge in [0.1, 0.15) is 5.75 Å². The number of benzene rings is 1. The summed E-state index contributed by atoms with van der Waals surface area (Å²) in [4.78, 5) is 11.9. The summed E-state index contributed by atoms with van der Waals surface area (Å²) >= 11 is 0. The Labute approximate surface area is 115 Å². The zero-order chi connectivity index (χ0) is 14.0. The lowest BCUT2D eigenvalue weighted by Crippen LogP contribution is -2.41. The molecule has 0 saturated heterocycles. The van der Waals surface area contributed by atoms with Gasteiger partial charge in [-0.05, 0) is 30.5 Å². The summed E-state index contributed by atoms with van der Waals surface area (Å²) in [5.74, 6) is 1.11. The van der Waals surface area contributed by atoms with Crippen molar-refractivity contribution in [2.24, 2.45) is 5.41 Å². The van der Waals surface area contributed by atoms with Gasteiger partial charge in [-0.2, -0.15) is 0 Å². The van der Waals surface area contributed by atoms with Crippen LogP contribution in [0, 0.1) is 5.41 Å². The molecule has 0 aliphatic carbocycles. The van der Waals surface area contributed by atoms with Crippen LogP contribution < -0.4 is 10.1 Å². The minimum Gasteiger partial charge on any atom is -0.493 e. The molecule has 19 heavy (non-hydrogen) atoms. The SMILES string of the molecule is C[C@@H](Cc1ccc2c(c1)CCO2)NC(=O)C(C)(C)C. The van der Waals surface area contributed by atoms with Crippen LogP contribution in [-0.2, 0) is 17.6 Å². The average Bonchev–Trinajstić information content (AvgIpc) is 2.74. The Kier molecular flexibility index (Phi) is 3.83. The molecule has 0 saturated carbocycles. The summed E-state index contributed by atoms with van der Waals surface area (Å²) < 4.78 is 5.50. The summed E-state index contributed by atoms with van der Waals surface area (Å²) in [6.07, 6.45) is 1.85. The van der Waals surface area contributed by atoms with E-state index in [1.54, 1.807) is 0 Å². The molecular weight excluding hydrogens is 238 g/mol. The molecule has 1 aliphatic heterocycles. The molecule has 0 fully saturated rings. The van der Waals surface area contributed by atoms with Crippen molar-refractivity contribution >= 4 is 5.91 Å². The Hall–Kier alpha value is -1.51. The van der Waals surface area contributed by atoms with E-state index in [0.29, 0.717) is 0 Å². The molecular formula is C16H23NO2. The minimum absolute atomic E-state index is 0.101. The van der Waals surface area contributed by atoms with Gasteiger partial charge in [0, 0.05) is 17.9 Å². The van der Waals surface area contributed by atoms with E-state index in [1.165, 1.54) is 11.1 Å². The van der Waals surface area contributed by atoms with Gasteiger partial charge in [0.25, 0.3) is 0 Å². The molecule has 0 spiro atoms. The molecule has 0 radical (unpaired) electrons. The zero-order valence-corrected chi connectivity index (χ0v) is 12.2. The van der Waals surface area contributed by atoms with Crippen molar-refractivity contribution in [3.63, 3.8) is 0 Å². The molecule has 0 aromatic heterocycles. The predicted octanol–water partition coefficient (Wildman–Crippen LogP) is 2.71. The van der Waals surface area contributed by atoms with E-state index < -0.39 is 0 Å². The van der Waals surface area contributed by atoms with Crippen LogP contribution in [0.5, 0.6) is 5.75 Å². The average molecular weight is 261 g/mol. The number of rotatable bonds is 3. The van der Waals surface area contributed by atoms with E-state index in [-0.39, 0.29) is 17.4 Å². The zero-order valence-electron chi connectivity index (χ0n) is 12.2. The van der Waals surface area contributed by atoms with Gasteiger partial charge in [-0.1, -0.05) is 32.9 Å². The van der Waals surface area contributed by atoms with E-state index in [9.17, 15) is 4.79 Å². The number of ether oxygens (including phenoxy) is 1. The van der Waals surface area contributed by atoms with Crippen molar-refractivity contribution in [3.05, 3.63) is 29.3 Å². The number of hydrogen-bond donors (Lipinski definition) is 1. The summed E-state index contributed by atoms with van der Waals surface area (Å²) in [7, 11) is 0. The van der Waals surface area contributed by atoms with Crippen molar-refractivity contribution in [2.75, 3.05) is 6.61 Å². The van der Waals surface area contributed by atoms with Gasteiger partial charge in [0.2, 0.25) is 5.91 Å². The van der Waals surface area contributed by atoms with Crippen LogP contribution in [-0.4, -0.2) is 18.6 Å². The lowest BCUT2D eigenvalue weighted by Gasteiger charge is -2.22. The Bertz CT molecular complexity index is 474. The Morgan fingerprint density at radius 1 is 1.42 bits per heavy atom. The third kappa shape index (κ3) is 3.49. The molecule has 1 amide bonds. The normalized spacial score (nSPS) is 15.6. The van der Waals surface area contributed by atoms with Gasteiger partial charge < -0.3 is 10.1 Å². The summed E-state index contributed by atoms with van der Waals surface area (Å²) in [6, 6.07) is 6.47. The summed E-state index contributed by atoms with van der Waals surface area (Å²) in [5.41, 5.74) is 2.21. The first-order valence-corrected chi connectivity index (χ1v) is 6.92. The number of hydrogen-bond acceptors (Lipinski definition) is 2. The van der Waals surface area contributed by atoms with E-state index in [0.717, 1.165) is 25.2 Å². The van der Waals surface area contributed by atoms with Gasteiger partial charge in [0.15, 0.2) is 0 Å². The molecule has 1 aromatic rings. The van der Waals surface area contributed by atoms with Crippen molar-refractivity contribution in [2.45, 2.75) is 46.6 Å². The minimum atomic E-state index is -0.333. The largest absolute Gasteiger partial charge is 0.493 e. The molecule has 0 unspecified atom stereocenters. The smallest absolute Gasteiger partial charge is 0.225 e. The molecule has 104 valence electrons. The molecule has 1 aromatic carbocycles. The second-order valence-electron chi connectivity index (χ2n) is 6.37. The maximum absolute atomic E-state index is 11.9. The fourth-order valence-electron chi connectivity index (χ4n) is 2.21. The first-order chi connectivity index (χ1) is 8.86. The van der Waals surface area contributed by atoms with Gasteiger partial charge >= 0.3 is 0 Å². The molecule has 0 bridgehead atoms. The summed E-state index contributed by atoms with van der Waals surface area (Å²) in [5, 5.41) is 3.07. The molecule has 3 nitrogen and oxygen atoms in total. The quantitative estimate of drug-likeness (QED) is 0.908. The highest BCUT2D eigenvalue weighted by Gasteiger charge is 2.22. The van der Waals surface area contributed by atoms with E-state index >= 15 is 0 Å². The Balaban J connectivity index is 1.96. The van der Waals surface area contributed by atoms with Crippen molar-refractivity contribution < 1.29 is 9.53 Å². The standard InChI is InChI=1S/C16H23NO2/c1-11(17-15(18)16(2,3)4)9-12-5-6-14-13(10-12)7-8-19-14/h5-6,10-11H,7-9H2,1-4H3,(H,17,18)/t11-/m0/s1. The first-order valence-electron chi connectivity index (χ1n) is 6.92. The number of fused-ring (bicyclic) bond motifs is 1. The highest BCUT2D eigenvalue weighted by molar-refractivity contribution is 5.81. The van der Waals surface area contributed by atoms with Crippen LogP contribution in [0.4, 0.5) is 0 Å². The van der Waals surface area contributed by atoms with Crippen molar-refractivity contribution in [3.8, 4) is 5.75 Å². The molecule has 1 N–H and O–H groups in total. The van der Waals surface area contributed by atoms with Gasteiger partial charge in [0.05, 0.1) is 6.61 Å². The van der Waals surface area contributed by atoms with Gasteiger partial charge in [-0.15, -0.1) is 0 Å². The monoisotopic (exact) mass is 261 g/mol. The molecule has 1 atom stereocenters. The highest BCUT2D eigenvalue weighted by Crippen LogP contribution is 2.26. The number of carbonyl (C=O) groups is 1. The fraction of sp³-hybridized carbons (Fsp3) is 0.562. The van der Waals surface area contributed by atoms with E-state index in [2.05, 4.69) is 17.4 Å². The van der Waals surface area contributed by atoms with Crippen LogP contribution in [0.2, 0.25) is 0 Å². The maximum atomic E-state index is 11.9. The van der Waals surface area contributed by atoms with Crippen LogP contribution in [0.3, 0.4) is 0 Å². The number of nitrogens with one attached hydrogen (secondary N) is 1. The fourth-order valence-corrected chi connectivity index (χ4v) is 2.21. The molecule has 3 heteroatoms. The highest BCUT2D eigenvalue weighted by atomic mass is 16.5. The van der Waals surface area contributed by atoms with Crippen LogP contribution >= 0.6 is 0 Å². The van der Waals surface area contributed by atoms with Crippen LogP contribution in [0.15, 0.2) is 18.2 Å². The molecule has 2 rings (SSSR count). The van der Waals surface area contributed by atoms with Crippen molar-refractivity contribution in [1.82, 2.24) is 5.32 Å². The van der Waals surface area contributed by atoms with Crippen LogP contribution in [0.1, 0.15) is 38.8 Å². The Morgan fingerprint density at radius 2 is 2.16 bits per heavy atom. The van der Waals surface area contributed by atoms with Gasteiger partial charge in [-0.25, -0.2) is 0 Å². The first kappa shape index (κ1) is 13.9. The number of carbonyl (C=O) groups excluding carboxylic acids is 1. The predicted molar refractivity (Wildman–Crippen MR) is 76.4 cm³/mol. The van der Waals surface area contributed by atoms with E-state index in [4.69, 9.17) is 4.74 Å².